The molecule has 2 aliphatic rings. The first-order valence-electron chi connectivity index (χ1n) is 9.08. The van der Waals surface area contributed by atoms with Crippen LogP contribution in [0.1, 0.15) is 33.3 Å². The quantitative estimate of drug-likeness (QED) is 0.202. The van der Waals surface area contributed by atoms with Crippen molar-refractivity contribution in [2.75, 3.05) is 0 Å². The first-order chi connectivity index (χ1) is 11.8. The summed E-state index contributed by atoms with van der Waals surface area (Å²) in [4.78, 5) is 0. The Hall–Kier alpha value is -0.253. The maximum Gasteiger partial charge on any atom is 0.171 e. The van der Waals surface area contributed by atoms with Gasteiger partial charge in [-0.05, 0) is 43.1 Å². The largest absolute Gasteiger partial charge is 1.00 e. The van der Waals surface area contributed by atoms with E-state index in [1.54, 1.807) is 0 Å². The van der Waals surface area contributed by atoms with Gasteiger partial charge in [-0.25, -0.2) is 0 Å². The summed E-state index contributed by atoms with van der Waals surface area (Å²) in [5, 5.41) is 8.44. The summed E-state index contributed by atoms with van der Waals surface area (Å²) in [6.07, 6.45) is 0. The van der Waals surface area contributed by atoms with Gasteiger partial charge >= 0.3 is 0 Å². The van der Waals surface area contributed by atoms with Gasteiger partial charge in [0.15, 0.2) is 7.38 Å². The van der Waals surface area contributed by atoms with Gasteiger partial charge < -0.3 is 24.8 Å². The Bertz CT molecular complexity index is 1170. The molecule has 2 unspecified atom stereocenters. The predicted octanol–water partition coefficient (Wildman–Crippen LogP) is -0.281. The Morgan fingerprint density at radius 2 is 1.61 bits per heavy atom. The van der Waals surface area contributed by atoms with Crippen molar-refractivity contribution in [1.29, 1.82) is 0 Å². The van der Waals surface area contributed by atoms with Crippen molar-refractivity contribution in [3.63, 3.8) is 0 Å². The number of halogens is 3. The normalized spacial score (nSPS) is 22.7. The van der Waals surface area contributed by atoms with E-state index in [1.165, 1.54) is 59.8 Å². The molecule has 0 aromatic heterocycles. The van der Waals surface area contributed by atoms with Crippen LogP contribution < -0.4 is 35.2 Å². The van der Waals surface area contributed by atoms with Crippen molar-refractivity contribution in [1.82, 2.24) is 0 Å². The summed E-state index contributed by atoms with van der Waals surface area (Å²) in [5.41, 5.74) is 7.37. The van der Waals surface area contributed by atoms with Gasteiger partial charge in [0, 0.05) is 31.8 Å². The number of hydrogen-bond donors (Lipinski definition) is 0. The van der Waals surface area contributed by atoms with E-state index in [4.69, 9.17) is 11.1 Å². The average molecular weight is 611 g/mol. The molecule has 1 aliphatic heterocycles. The van der Waals surface area contributed by atoms with E-state index in [-0.39, 0.29) is 50.7 Å². The fraction of sp³-hybridized carbons (Fsp3) is 0.261. The van der Waals surface area contributed by atoms with Gasteiger partial charge in [0.25, 0.3) is 0 Å². The third-order valence-corrected chi connectivity index (χ3v) is 10.5. The van der Waals surface area contributed by atoms with Gasteiger partial charge in [-0.2, -0.15) is 11.1 Å². The Morgan fingerprint density at radius 3 is 2.21 bits per heavy atom. The van der Waals surface area contributed by atoms with E-state index in [2.05, 4.69) is 70.6 Å². The fourth-order valence-corrected chi connectivity index (χ4v) is 9.20. The van der Waals surface area contributed by atoms with Crippen LogP contribution >= 0.6 is 11.1 Å². The zero-order valence-electron chi connectivity index (χ0n) is 16.7. The van der Waals surface area contributed by atoms with Crippen LogP contribution in [0.15, 0.2) is 53.1 Å². The van der Waals surface area contributed by atoms with Crippen LogP contribution in [-0.4, -0.2) is 7.38 Å². The third kappa shape index (κ3) is 2.98. The number of rotatable bonds is 1. The molecule has 1 heterocycles. The Morgan fingerprint density at radius 1 is 0.964 bits per heavy atom. The van der Waals surface area contributed by atoms with Crippen LogP contribution in [0, 0.1) is 5.92 Å². The SMILES string of the molecule is CC1=C(C)C(C)C(c2cc3c([cH-]c4ccccc43)c3c2[Si]3(C)Cl)=C1C.[Cl-].[Cl-].[Hf]. The molecular formula is C23H22Cl3HfSi-3. The molecule has 5 rings (SSSR count). The molecule has 0 spiro atoms. The molecule has 0 nitrogen and oxygen atoms in total. The van der Waals surface area contributed by atoms with Crippen molar-refractivity contribution >= 4 is 56.0 Å². The second-order valence-corrected chi connectivity index (χ2v) is 13.2. The first kappa shape index (κ1) is 24.0. The molecule has 2 atom stereocenters. The van der Waals surface area contributed by atoms with Crippen molar-refractivity contribution in [3.8, 4) is 0 Å². The molecular weight excluding hydrogens is 589 g/mol. The Labute approximate surface area is 204 Å². The van der Waals surface area contributed by atoms with E-state index >= 15 is 0 Å². The van der Waals surface area contributed by atoms with Crippen LogP contribution in [0.3, 0.4) is 0 Å². The number of fused-ring (bicyclic) bond motifs is 5. The van der Waals surface area contributed by atoms with E-state index in [0.717, 1.165) is 0 Å². The maximum absolute atomic E-state index is 7.10. The topological polar surface area (TPSA) is 0 Å². The zero-order valence-corrected chi connectivity index (χ0v) is 23.5. The van der Waals surface area contributed by atoms with Crippen LogP contribution in [0.5, 0.6) is 0 Å². The molecule has 5 heteroatoms. The maximum atomic E-state index is 7.10. The van der Waals surface area contributed by atoms with Gasteiger partial charge in [0.05, 0.1) is 0 Å². The van der Waals surface area contributed by atoms with Gasteiger partial charge in [-0.1, -0.05) is 53.7 Å². The van der Waals surface area contributed by atoms with E-state index < -0.39 is 7.38 Å². The summed E-state index contributed by atoms with van der Waals surface area (Å²) in [5.74, 6) is 0.491. The minimum absolute atomic E-state index is 0. The molecule has 146 valence electrons. The van der Waals surface area contributed by atoms with Crippen LogP contribution in [0.25, 0.3) is 27.1 Å². The summed E-state index contributed by atoms with van der Waals surface area (Å²) >= 11 is 7.10. The van der Waals surface area contributed by atoms with Crippen molar-refractivity contribution in [3.05, 3.63) is 58.7 Å². The second-order valence-electron chi connectivity index (χ2n) is 7.94. The van der Waals surface area contributed by atoms with E-state index in [1.807, 2.05) is 0 Å². The van der Waals surface area contributed by atoms with Crippen molar-refractivity contribution in [2.45, 2.75) is 34.2 Å². The van der Waals surface area contributed by atoms with E-state index in [0.29, 0.717) is 5.92 Å². The third-order valence-electron chi connectivity index (χ3n) is 6.73. The van der Waals surface area contributed by atoms with E-state index in [9.17, 15) is 0 Å². The smallest absolute Gasteiger partial charge is 0.171 e. The Balaban J connectivity index is 0.000000934. The average Bonchev–Trinajstić information content (AvgIpc) is 2.91. The summed E-state index contributed by atoms with van der Waals surface area (Å²) < 4.78 is 0. The van der Waals surface area contributed by atoms with Gasteiger partial charge in [0.2, 0.25) is 0 Å². The monoisotopic (exact) mass is 611 g/mol. The van der Waals surface area contributed by atoms with Crippen molar-refractivity contribution in [2.24, 2.45) is 5.92 Å². The number of benzene rings is 2. The molecule has 0 radical (unpaired) electrons. The van der Waals surface area contributed by atoms with Crippen LogP contribution in [0.2, 0.25) is 6.55 Å². The van der Waals surface area contributed by atoms with Crippen LogP contribution in [0.4, 0.5) is 0 Å². The molecule has 0 fully saturated rings. The fourth-order valence-electron chi connectivity index (χ4n) is 4.96. The van der Waals surface area contributed by atoms with Gasteiger partial charge in [0.1, 0.15) is 0 Å². The van der Waals surface area contributed by atoms with Crippen LogP contribution in [-0.2, 0) is 25.8 Å². The van der Waals surface area contributed by atoms with Gasteiger partial charge in [-0.15, -0.1) is 33.7 Å². The number of hydrogen-bond acceptors (Lipinski definition) is 0. The predicted molar refractivity (Wildman–Crippen MR) is 114 cm³/mol. The summed E-state index contributed by atoms with van der Waals surface area (Å²) in [7, 11) is -1.92. The molecule has 0 saturated heterocycles. The summed E-state index contributed by atoms with van der Waals surface area (Å²) in [6.45, 7) is 11.5. The number of allylic oxidation sites excluding steroid dienone is 4. The minimum atomic E-state index is -1.92. The molecule has 0 N–H and O–H groups in total. The molecule has 0 saturated carbocycles. The molecule has 3 aromatic rings. The molecule has 0 amide bonds. The minimum Gasteiger partial charge on any atom is -1.00 e. The van der Waals surface area contributed by atoms with Gasteiger partial charge in [-0.3, -0.25) is 0 Å². The second kappa shape index (κ2) is 7.78. The first-order valence-corrected chi connectivity index (χ1v) is 12.6. The standard InChI is InChI=1S/C23H22ClSi.2ClH.Hf/c1-12-13(2)15(4)21(14(12)3)20-11-18-17-9-7-6-8-16(17)10-19(18)22-23(20)25(22,5)24;;;/h6-11,14H,1-5H3;2*1H;/q-1;;;/p-2. The van der Waals surface area contributed by atoms with Crippen molar-refractivity contribution < 1.29 is 50.7 Å². The Kier molecular flexibility index (Phi) is 6.67. The molecule has 3 aromatic carbocycles. The molecule has 0 bridgehead atoms. The molecule has 28 heavy (non-hydrogen) atoms. The zero-order chi connectivity index (χ0) is 17.7. The summed E-state index contributed by atoms with van der Waals surface area (Å²) in [6, 6.07) is 13.5. The molecule has 1 aliphatic carbocycles.